The maximum absolute atomic E-state index is 12.7. The highest BCUT2D eigenvalue weighted by Gasteiger charge is 2.16. The van der Waals surface area contributed by atoms with Crippen LogP contribution in [0.5, 0.6) is 0 Å². The minimum absolute atomic E-state index is 0.0305. The lowest BCUT2D eigenvalue weighted by Gasteiger charge is -2.16. The third-order valence-corrected chi connectivity index (χ3v) is 4.05. The van der Waals surface area contributed by atoms with E-state index in [-0.39, 0.29) is 5.91 Å². The standard InChI is InChI=1S/C19H20N2O/c1-12-5-7-15(8-6-12)21(4)19(22)18-11-16-14(3)9-13(2)10-17(16)20-18/h5-11,20H,1-4H3. The van der Waals surface area contributed by atoms with E-state index in [4.69, 9.17) is 0 Å². The van der Waals surface area contributed by atoms with Crippen molar-refractivity contribution in [3.63, 3.8) is 0 Å². The van der Waals surface area contributed by atoms with Crippen LogP contribution in [0.4, 0.5) is 5.69 Å². The van der Waals surface area contributed by atoms with Crippen molar-refractivity contribution in [3.8, 4) is 0 Å². The first-order valence-electron chi connectivity index (χ1n) is 7.40. The zero-order chi connectivity index (χ0) is 15.9. The Hall–Kier alpha value is -2.55. The number of aromatic nitrogens is 1. The Morgan fingerprint density at radius 1 is 0.955 bits per heavy atom. The number of amides is 1. The summed E-state index contributed by atoms with van der Waals surface area (Å²) in [5, 5.41) is 1.10. The molecule has 0 fully saturated rings. The first-order valence-corrected chi connectivity index (χ1v) is 7.40. The first kappa shape index (κ1) is 14.4. The largest absolute Gasteiger partial charge is 0.350 e. The quantitative estimate of drug-likeness (QED) is 0.748. The number of hydrogen-bond acceptors (Lipinski definition) is 1. The Bertz CT molecular complexity index is 844. The Morgan fingerprint density at radius 2 is 1.64 bits per heavy atom. The number of rotatable bonds is 2. The van der Waals surface area contributed by atoms with E-state index in [9.17, 15) is 4.79 Å². The molecule has 0 aliphatic carbocycles. The summed E-state index contributed by atoms with van der Waals surface area (Å²) < 4.78 is 0. The summed E-state index contributed by atoms with van der Waals surface area (Å²) in [6.45, 7) is 6.17. The molecule has 0 aliphatic rings. The summed E-state index contributed by atoms with van der Waals surface area (Å²) in [4.78, 5) is 17.6. The molecular formula is C19H20N2O. The van der Waals surface area contributed by atoms with Gasteiger partial charge in [0, 0.05) is 23.6 Å². The van der Waals surface area contributed by atoms with Crippen LogP contribution < -0.4 is 4.90 Å². The van der Waals surface area contributed by atoms with Gasteiger partial charge in [0.1, 0.15) is 5.69 Å². The number of fused-ring (bicyclic) bond motifs is 1. The molecule has 1 heterocycles. The molecule has 0 saturated heterocycles. The lowest BCUT2D eigenvalue weighted by molar-refractivity contribution is 0.0989. The van der Waals surface area contributed by atoms with Gasteiger partial charge in [-0.3, -0.25) is 4.79 Å². The van der Waals surface area contributed by atoms with Gasteiger partial charge in [0.05, 0.1) is 0 Å². The topological polar surface area (TPSA) is 36.1 Å². The summed E-state index contributed by atoms with van der Waals surface area (Å²) in [6, 6.07) is 14.1. The molecule has 3 nitrogen and oxygen atoms in total. The molecule has 0 atom stereocenters. The summed E-state index contributed by atoms with van der Waals surface area (Å²) in [7, 11) is 1.80. The molecule has 0 aliphatic heterocycles. The summed E-state index contributed by atoms with van der Waals surface area (Å²) in [5.74, 6) is -0.0305. The molecule has 112 valence electrons. The fourth-order valence-corrected chi connectivity index (χ4v) is 2.78. The predicted molar refractivity (Wildman–Crippen MR) is 91.7 cm³/mol. The van der Waals surface area contributed by atoms with E-state index in [0.29, 0.717) is 5.69 Å². The van der Waals surface area contributed by atoms with E-state index >= 15 is 0 Å². The third-order valence-electron chi connectivity index (χ3n) is 4.05. The number of benzene rings is 2. The van der Waals surface area contributed by atoms with Crippen LogP contribution in [-0.2, 0) is 0 Å². The van der Waals surface area contributed by atoms with Crippen molar-refractivity contribution in [3.05, 3.63) is 64.8 Å². The summed E-state index contributed by atoms with van der Waals surface area (Å²) >= 11 is 0. The monoisotopic (exact) mass is 292 g/mol. The smallest absolute Gasteiger partial charge is 0.274 e. The van der Waals surface area contributed by atoms with E-state index in [1.54, 1.807) is 11.9 Å². The van der Waals surface area contributed by atoms with Gasteiger partial charge < -0.3 is 9.88 Å². The van der Waals surface area contributed by atoms with Gasteiger partial charge in [0.25, 0.3) is 5.91 Å². The number of hydrogen-bond donors (Lipinski definition) is 1. The second kappa shape index (κ2) is 5.34. The van der Waals surface area contributed by atoms with Gasteiger partial charge in [-0.1, -0.05) is 23.8 Å². The highest BCUT2D eigenvalue weighted by atomic mass is 16.2. The maximum atomic E-state index is 12.7. The van der Waals surface area contributed by atoms with E-state index < -0.39 is 0 Å². The Labute approximate surface area is 130 Å². The number of aromatic amines is 1. The van der Waals surface area contributed by atoms with Crippen LogP contribution in [0.1, 0.15) is 27.2 Å². The van der Waals surface area contributed by atoms with Gasteiger partial charge in [0.15, 0.2) is 0 Å². The van der Waals surface area contributed by atoms with E-state index in [2.05, 4.69) is 31.0 Å². The Balaban J connectivity index is 1.98. The number of nitrogens with one attached hydrogen (secondary N) is 1. The predicted octanol–water partition coefficient (Wildman–Crippen LogP) is 4.37. The third kappa shape index (κ3) is 2.50. The number of nitrogens with zero attached hydrogens (tertiary/aromatic N) is 1. The lowest BCUT2D eigenvalue weighted by Crippen LogP contribution is -2.26. The van der Waals surface area contributed by atoms with Gasteiger partial charge in [0.2, 0.25) is 0 Å². The molecule has 1 N–H and O–H groups in total. The zero-order valence-corrected chi connectivity index (χ0v) is 13.4. The van der Waals surface area contributed by atoms with Crippen LogP contribution in [0.2, 0.25) is 0 Å². The van der Waals surface area contributed by atoms with Gasteiger partial charge >= 0.3 is 0 Å². The van der Waals surface area contributed by atoms with Crippen LogP contribution in [0.3, 0.4) is 0 Å². The van der Waals surface area contributed by atoms with E-state index in [1.165, 1.54) is 16.7 Å². The normalized spacial score (nSPS) is 10.9. The van der Waals surface area contributed by atoms with Gasteiger partial charge in [-0.05, 0) is 56.2 Å². The van der Waals surface area contributed by atoms with Crippen LogP contribution >= 0.6 is 0 Å². The van der Waals surface area contributed by atoms with Crippen molar-refractivity contribution in [1.29, 1.82) is 0 Å². The van der Waals surface area contributed by atoms with Crippen LogP contribution in [0, 0.1) is 20.8 Å². The maximum Gasteiger partial charge on any atom is 0.274 e. The first-order chi connectivity index (χ1) is 10.5. The minimum Gasteiger partial charge on any atom is -0.350 e. The van der Waals surface area contributed by atoms with Crippen molar-refractivity contribution in [2.45, 2.75) is 20.8 Å². The SMILES string of the molecule is Cc1ccc(N(C)C(=O)c2cc3c(C)cc(C)cc3[nH]2)cc1. The molecule has 0 bridgehead atoms. The highest BCUT2D eigenvalue weighted by molar-refractivity contribution is 6.07. The molecule has 3 heteroatoms. The van der Waals surface area contributed by atoms with Crippen molar-refractivity contribution >= 4 is 22.5 Å². The number of carbonyl (C=O) groups is 1. The fraction of sp³-hybridized carbons (Fsp3) is 0.211. The van der Waals surface area contributed by atoms with Crippen LogP contribution in [-0.4, -0.2) is 17.9 Å². The molecule has 22 heavy (non-hydrogen) atoms. The fourth-order valence-electron chi connectivity index (χ4n) is 2.78. The molecule has 0 saturated carbocycles. The molecule has 1 aromatic heterocycles. The average Bonchev–Trinajstić information content (AvgIpc) is 2.90. The van der Waals surface area contributed by atoms with Crippen LogP contribution in [0.15, 0.2) is 42.5 Å². The van der Waals surface area contributed by atoms with E-state index in [1.807, 2.05) is 37.3 Å². The number of aryl methyl sites for hydroxylation is 3. The molecule has 3 aromatic rings. The molecular weight excluding hydrogens is 272 g/mol. The number of anilines is 1. The summed E-state index contributed by atoms with van der Waals surface area (Å²) in [6.07, 6.45) is 0. The second-order valence-corrected chi connectivity index (χ2v) is 5.93. The molecule has 3 rings (SSSR count). The number of H-pyrrole nitrogens is 1. The van der Waals surface area contributed by atoms with Gasteiger partial charge in [-0.2, -0.15) is 0 Å². The van der Waals surface area contributed by atoms with Crippen molar-refractivity contribution in [1.82, 2.24) is 4.98 Å². The van der Waals surface area contributed by atoms with Crippen molar-refractivity contribution < 1.29 is 4.79 Å². The molecule has 0 unspecified atom stereocenters. The average molecular weight is 292 g/mol. The summed E-state index contributed by atoms with van der Waals surface area (Å²) in [5.41, 5.74) is 6.08. The van der Waals surface area contributed by atoms with Crippen molar-refractivity contribution in [2.24, 2.45) is 0 Å². The minimum atomic E-state index is -0.0305. The van der Waals surface area contributed by atoms with E-state index in [0.717, 1.165) is 16.6 Å². The highest BCUT2D eigenvalue weighted by Crippen LogP contribution is 2.23. The van der Waals surface area contributed by atoms with Crippen molar-refractivity contribution in [2.75, 3.05) is 11.9 Å². The molecule has 1 amide bonds. The second-order valence-electron chi connectivity index (χ2n) is 5.93. The number of carbonyl (C=O) groups excluding carboxylic acids is 1. The molecule has 2 aromatic carbocycles. The lowest BCUT2D eigenvalue weighted by atomic mass is 10.1. The van der Waals surface area contributed by atoms with Gasteiger partial charge in [-0.25, -0.2) is 0 Å². The Kier molecular flexibility index (Phi) is 3.49. The molecule has 0 radical (unpaired) electrons. The Morgan fingerprint density at radius 3 is 2.32 bits per heavy atom. The van der Waals surface area contributed by atoms with Gasteiger partial charge in [-0.15, -0.1) is 0 Å². The van der Waals surface area contributed by atoms with Crippen LogP contribution in [0.25, 0.3) is 10.9 Å². The zero-order valence-electron chi connectivity index (χ0n) is 13.4. The molecule has 0 spiro atoms.